The number of anilines is 1. The number of nitrogens with one attached hydrogen (secondary N) is 1. The third kappa shape index (κ3) is 3.31. The van der Waals surface area contributed by atoms with E-state index in [4.69, 9.17) is 5.11 Å². The maximum Gasteiger partial charge on any atom is 0.305 e. The molecule has 0 saturated heterocycles. The molecule has 1 atom stereocenters. The van der Waals surface area contributed by atoms with E-state index in [1.165, 1.54) is 0 Å². The van der Waals surface area contributed by atoms with Crippen molar-refractivity contribution in [1.82, 2.24) is 4.98 Å². The van der Waals surface area contributed by atoms with Crippen LogP contribution in [0.2, 0.25) is 0 Å². The van der Waals surface area contributed by atoms with Crippen molar-refractivity contribution < 1.29 is 9.90 Å². The number of hydrogen-bond acceptors (Lipinski definition) is 3. The van der Waals surface area contributed by atoms with Crippen LogP contribution in [0.25, 0.3) is 0 Å². The number of hydrogen-bond donors (Lipinski definition) is 2. The van der Waals surface area contributed by atoms with Crippen molar-refractivity contribution in [3.05, 3.63) is 60.3 Å². The van der Waals surface area contributed by atoms with E-state index < -0.39 is 5.97 Å². The van der Waals surface area contributed by atoms with Gasteiger partial charge in [0.05, 0.1) is 12.5 Å². The lowest BCUT2D eigenvalue weighted by molar-refractivity contribution is -0.137. The molecule has 2 rings (SSSR count). The summed E-state index contributed by atoms with van der Waals surface area (Å²) in [5.74, 6) is -0.167. The topological polar surface area (TPSA) is 62.2 Å². The molecule has 0 saturated carbocycles. The molecule has 0 aliphatic carbocycles. The number of nitrogens with zero attached hydrogens (tertiary/aromatic N) is 1. The van der Waals surface area contributed by atoms with Gasteiger partial charge in [-0.05, 0) is 17.7 Å². The summed E-state index contributed by atoms with van der Waals surface area (Å²) in [5.41, 5.74) is 0.936. The Bertz CT molecular complexity index is 500. The minimum Gasteiger partial charge on any atom is -0.481 e. The van der Waals surface area contributed by atoms with E-state index in [1.807, 2.05) is 48.5 Å². The Labute approximate surface area is 105 Å². The van der Waals surface area contributed by atoms with Crippen LogP contribution < -0.4 is 5.32 Å². The van der Waals surface area contributed by atoms with Crippen molar-refractivity contribution in [3.63, 3.8) is 0 Å². The molecule has 0 aliphatic heterocycles. The molecule has 1 aromatic heterocycles. The molecule has 0 spiro atoms. The number of carboxylic acids is 1. The number of rotatable bonds is 5. The summed E-state index contributed by atoms with van der Waals surface area (Å²) in [6.45, 7) is 0. The monoisotopic (exact) mass is 242 g/mol. The van der Waals surface area contributed by atoms with Crippen LogP contribution in [0, 0.1) is 0 Å². The number of benzene rings is 1. The zero-order chi connectivity index (χ0) is 12.8. The molecule has 92 valence electrons. The van der Waals surface area contributed by atoms with Crippen LogP contribution >= 0.6 is 0 Å². The minimum atomic E-state index is -0.840. The van der Waals surface area contributed by atoms with E-state index in [1.54, 1.807) is 6.20 Å². The second-order valence-electron chi connectivity index (χ2n) is 3.92. The predicted octanol–water partition coefficient (Wildman–Crippen LogP) is 2.71. The van der Waals surface area contributed by atoms with Gasteiger partial charge >= 0.3 is 5.97 Å². The fourth-order valence-corrected chi connectivity index (χ4v) is 1.74. The van der Waals surface area contributed by atoms with Gasteiger partial charge in [-0.1, -0.05) is 36.4 Å². The Morgan fingerprint density at radius 1 is 1.17 bits per heavy atom. The summed E-state index contributed by atoms with van der Waals surface area (Å²) in [6.07, 6.45) is 1.69. The van der Waals surface area contributed by atoms with Crippen LogP contribution in [0.3, 0.4) is 0 Å². The fourth-order valence-electron chi connectivity index (χ4n) is 1.74. The average molecular weight is 242 g/mol. The van der Waals surface area contributed by atoms with Crippen molar-refractivity contribution in [2.24, 2.45) is 0 Å². The van der Waals surface area contributed by atoms with Crippen LogP contribution in [0.15, 0.2) is 54.7 Å². The summed E-state index contributed by atoms with van der Waals surface area (Å²) in [6, 6.07) is 14.7. The van der Waals surface area contributed by atoms with E-state index >= 15 is 0 Å². The van der Waals surface area contributed by atoms with Gasteiger partial charge in [0.1, 0.15) is 5.82 Å². The molecule has 0 amide bonds. The molecule has 0 radical (unpaired) electrons. The van der Waals surface area contributed by atoms with Crippen molar-refractivity contribution in [2.75, 3.05) is 5.32 Å². The largest absolute Gasteiger partial charge is 0.481 e. The van der Waals surface area contributed by atoms with E-state index in [0.29, 0.717) is 5.82 Å². The molecule has 0 fully saturated rings. The van der Waals surface area contributed by atoms with Crippen LogP contribution in [-0.4, -0.2) is 16.1 Å². The first kappa shape index (κ1) is 12.1. The van der Waals surface area contributed by atoms with Crippen molar-refractivity contribution >= 4 is 11.8 Å². The van der Waals surface area contributed by atoms with Crippen LogP contribution in [-0.2, 0) is 4.79 Å². The first-order valence-corrected chi connectivity index (χ1v) is 5.70. The third-order valence-corrected chi connectivity index (χ3v) is 2.57. The molecule has 0 aliphatic rings. The molecule has 0 bridgehead atoms. The molecular formula is C14H14N2O2. The summed E-state index contributed by atoms with van der Waals surface area (Å²) >= 11 is 0. The normalized spacial score (nSPS) is 11.8. The molecule has 4 nitrogen and oxygen atoms in total. The number of aromatic nitrogens is 1. The highest BCUT2D eigenvalue weighted by Crippen LogP contribution is 2.21. The number of carbonyl (C=O) groups is 1. The quantitative estimate of drug-likeness (QED) is 0.846. The second kappa shape index (κ2) is 5.82. The zero-order valence-electron chi connectivity index (χ0n) is 9.78. The van der Waals surface area contributed by atoms with Gasteiger partial charge in [-0.3, -0.25) is 4.79 Å². The molecule has 0 unspecified atom stereocenters. The Kier molecular flexibility index (Phi) is 3.91. The van der Waals surface area contributed by atoms with Gasteiger partial charge in [-0.15, -0.1) is 0 Å². The van der Waals surface area contributed by atoms with Crippen molar-refractivity contribution in [3.8, 4) is 0 Å². The Hall–Kier alpha value is -2.36. The molecule has 1 heterocycles. The van der Waals surface area contributed by atoms with Gasteiger partial charge < -0.3 is 10.4 Å². The van der Waals surface area contributed by atoms with E-state index in [0.717, 1.165) is 5.56 Å². The maximum absolute atomic E-state index is 10.9. The van der Waals surface area contributed by atoms with Gasteiger partial charge in [-0.25, -0.2) is 4.98 Å². The third-order valence-electron chi connectivity index (χ3n) is 2.57. The number of pyridine rings is 1. The van der Waals surface area contributed by atoms with Gasteiger partial charge in [0, 0.05) is 6.20 Å². The smallest absolute Gasteiger partial charge is 0.305 e. The summed E-state index contributed by atoms with van der Waals surface area (Å²) < 4.78 is 0. The van der Waals surface area contributed by atoms with E-state index in [9.17, 15) is 4.79 Å². The summed E-state index contributed by atoms with van der Waals surface area (Å²) in [5, 5.41) is 12.1. The van der Waals surface area contributed by atoms with Crippen LogP contribution in [0.1, 0.15) is 18.0 Å². The van der Waals surface area contributed by atoms with Gasteiger partial charge in [0.15, 0.2) is 0 Å². The van der Waals surface area contributed by atoms with Gasteiger partial charge in [0.2, 0.25) is 0 Å². The van der Waals surface area contributed by atoms with E-state index in [2.05, 4.69) is 10.3 Å². The highest BCUT2D eigenvalue weighted by Gasteiger charge is 2.15. The van der Waals surface area contributed by atoms with Gasteiger partial charge in [0.25, 0.3) is 0 Å². The second-order valence-corrected chi connectivity index (χ2v) is 3.92. The molecule has 2 N–H and O–H groups in total. The van der Waals surface area contributed by atoms with Gasteiger partial charge in [-0.2, -0.15) is 0 Å². The molecule has 4 heteroatoms. The highest BCUT2D eigenvalue weighted by atomic mass is 16.4. The molecule has 18 heavy (non-hydrogen) atoms. The zero-order valence-corrected chi connectivity index (χ0v) is 9.78. The van der Waals surface area contributed by atoms with E-state index in [-0.39, 0.29) is 12.5 Å². The first-order chi connectivity index (χ1) is 8.75. The SMILES string of the molecule is O=C(O)C[C@@H](Nc1ccccn1)c1ccccc1. The molecule has 2 aromatic rings. The Balaban J connectivity index is 2.18. The Morgan fingerprint density at radius 2 is 1.89 bits per heavy atom. The summed E-state index contributed by atoms with van der Waals surface area (Å²) in [4.78, 5) is 15.1. The Morgan fingerprint density at radius 3 is 2.50 bits per heavy atom. The maximum atomic E-state index is 10.9. The molecule has 1 aromatic carbocycles. The predicted molar refractivity (Wildman–Crippen MR) is 69.3 cm³/mol. The minimum absolute atomic E-state index is 0.0145. The lowest BCUT2D eigenvalue weighted by atomic mass is 10.0. The molecular weight excluding hydrogens is 228 g/mol. The summed E-state index contributed by atoms with van der Waals surface area (Å²) in [7, 11) is 0. The van der Waals surface area contributed by atoms with Crippen molar-refractivity contribution in [1.29, 1.82) is 0 Å². The fraction of sp³-hybridized carbons (Fsp3) is 0.143. The van der Waals surface area contributed by atoms with Crippen LogP contribution in [0.4, 0.5) is 5.82 Å². The van der Waals surface area contributed by atoms with Crippen molar-refractivity contribution in [2.45, 2.75) is 12.5 Å². The average Bonchev–Trinajstić information content (AvgIpc) is 2.40. The number of aliphatic carboxylic acids is 1. The standard InChI is InChI=1S/C14H14N2O2/c17-14(18)10-12(11-6-2-1-3-7-11)16-13-8-4-5-9-15-13/h1-9,12H,10H2,(H,15,16)(H,17,18)/t12-/m1/s1. The number of carboxylic acid groups (broad SMARTS) is 1. The lowest BCUT2D eigenvalue weighted by Gasteiger charge is -2.17. The lowest BCUT2D eigenvalue weighted by Crippen LogP contribution is -2.15. The first-order valence-electron chi connectivity index (χ1n) is 5.70. The van der Waals surface area contributed by atoms with Crippen LogP contribution in [0.5, 0.6) is 0 Å². The highest BCUT2D eigenvalue weighted by molar-refractivity contribution is 5.68.